The third-order valence-electron chi connectivity index (χ3n) is 4.36. The first-order valence-corrected chi connectivity index (χ1v) is 7.16. The molecule has 1 heterocycles. The first-order valence-electron chi connectivity index (χ1n) is 7.16. The van der Waals surface area contributed by atoms with Crippen molar-refractivity contribution in [1.29, 1.82) is 0 Å². The summed E-state index contributed by atoms with van der Waals surface area (Å²) in [5.74, 6) is -1.87. The van der Waals surface area contributed by atoms with Gasteiger partial charge in [-0.05, 0) is 32.6 Å². The minimum atomic E-state index is -0.844. The number of rotatable bonds is 4. The molecule has 19 heavy (non-hydrogen) atoms. The smallest absolute Gasteiger partial charge is 0.307 e. The molecule has 0 aromatic rings. The number of carboxylic acids is 1. The van der Waals surface area contributed by atoms with Crippen molar-refractivity contribution >= 4 is 11.9 Å². The molecule has 1 aliphatic heterocycles. The monoisotopic (exact) mass is 269 g/mol. The molecule has 1 saturated heterocycles. The molecule has 2 aliphatic rings. The molecule has 1 unspecified atom stereocenters. The molecule has 1 saturated carbocycles. The van der Waals surface area contributed by atoms with Crippen LogP contribution in [0.2, 0.25) is 0 Å². The van der Waals surface area contributed by atoms with Gasteiger partial charge in [0.1, 0.15) is 0 Å². The van der Waals surface area contributed by atoms with E-state index in [-0.39, 0.29) is 17.4 Å². The van der Waals surface area contributed by atoms with Crippen LogP contribution in [0.5, 0.6) is 0 Å². The number of carbonyl (C=O) groups excluding carboxylic acids is 1. The first kappa shape index (κ1) is 14.3. The van der Waals surface area contributed by atoms with Crippen molar-refractivity contribution in [2.45, 2.75) is 51.0 Å². The second-order valence-electron chi connectivity index (χ2n) is 5.96. The Balaban J connectivity index is 1.89. The van der Waals surface area contributed by atoms with Gasteiger partial charge in [-0.2, -0.15) is 0 Å². The highest BCUT2D eigenvalue weighted by Crippen LogP contribution is 2.31. The lowest BCUT2D eigenvalue weighted by Gasteiger charge is -2.29. The van der Waals surface area contributed by atoms with Crippen molar-refractivity contribution in [3.05, 3.63) is 0 Å². The average Bonchev–Trinajstić information content (AvgIpc) is 2.83. The number of hydrogen-bond donors (Lipinski definition) is 2. The molecule has 3 atom stereocenters. The van der Waals surface area contributed by atoms with Crippen LogP contribution in [0.25, 0.3) is 0 Å². The number of carboxylic acid groups (broad SMARTS) is 1. The van der Waals surface area contributed by atoms with E-state index < -0.39 is 11.9 Å². The molecule has 0 bridgehead atoms. The molecule has 0 aromatic heterocycles. The van der Waals surface area contributed by atoms with Crippen LogP contribution in [0.15, 0.2) is 0 Å². The molecule has 1 aliphatic carbocycles. The average molecular weight is 269 g/mol. The highest BCUT2D eigenvalue weighted by molar-refractivity contribution is 5.84. The van der Waals surface area contributed by atoms with Gasteiger partial charge >= 0.3 is 5.97 Å². The Bertz CT molecular complexity index is 349. The van der Waals surface area contributed by atoms with Gasteiger partial charge in [0.2, 0.25) is 5.91 Å². The van der Waals surface area contributed by atoms with E-state index in [0.717, 1.165) is 32.3 Å². The van der Waals surface area contributed by atoms with Crippen molar-refractivity contribution in [1.82, 2.24) is 5.32 Å². The Kier molecular flexibility index (Phi) is 4.45. The minimum Gasteiger partial charge on any atom is -0.481 e. The normalized spacial score (nSPS) is 35.0. The van der Waals surface area contributed by atoms with Crippen LogP contribution < -0.4 is 5.32 Å². The predicted octanol–water partition coefficient (Wildman–Crippen LogP) is 1.56. The minimum absolute atomic E-state index is 0.121. The molecule has 2 N–H and O–H groups in total. The van der Waals surface area contributed by atoms with Gasteiger partial charge in [0.25, 0.3) is 0 Å². The predicted molar refractivity (Wildman–Crippen MR) is 69.7 cm³/mol. The Labute approximate surface area is 113 Å². The Morgan fingerprint density at radius 1 is 1.26 bits per heavy atom. The summed E-state index contributed by atoms with van der Waals surface area (Å²) in [6.07, 6.45) is 5.10. The van der Waals surface area contributed by atoms with E-state index in [4.69, 9.17) is 4.74 Å². The zero-order chi connectivity index (χ0) is 13.9. The Morgan fingerprint density at radius 3 is 2.53 bits per heavy atom. The van der Waals surface area contributed by atoms with E-state index >= 15 is 0 Å². The third-order valence-corrected chi connectivity index (χ3v) is 4.36. The molecule has 0 aromatic carbocycles. The van der Waals surface area contributed by atoms with Crippen molar-refractivity contribution < 1.29 is 19.4 Å². The van der Waals surface area contributed by atoms with Gasteiger partial charge in [0.15, 0.2) is 0 Å². The summed E-state index contributed by atoms with van der Waals surface area (Å²) in [6.45, 7) is 3.22. The first-order chi connectivity index (χ1) is 9.02. The van der Waals surface area contributed by atoms with E-state index in [1.807, 2.05) is 6.92 Å². The van der Waals surface area contributed by atoms with E-state index in [1.165, 1.54) is 0 Å². The number of amides is 1. The second kappa shape index (κ2) is 5.90. The summed E-state index contributed by atoms with van der Waals surface area (Å²) in [4.78, 5) is 23.4. The maximum atomic E-state index is 12.2. The second-order valence-corrected chi connectivity index (χ2v) is 5.96. The van der Waals surface area contributed by atoms with Crippen LogP contribution in [0.1, 0.15) is 45.4 Å². The molecule has 108 valence electrons. The van der Waals surface area contributed by atoms with Crippen LogP contribution in [0, 0.1) is 11.8 Å². The van der Waals surface area contributed by atoms with Crippen LogP contribution in [0.3, 0.4) is 0 Å². The fourth-order valence-corrected chi connectivity index (χ4v) is 3.12. The molecular formula is C14H23NO4. The number of ether oxygens (including phenoxy) is 1. The SMILES string of the molecule is CC1(CNC(=O)[C@@H]2CCCC[C@@H]2C(=O)O)CCCO1. The van der Waals surface area contributed by atoms with Gasteiger partial charge < -0.3 is 15.2 Å². The lowest BCUT2D eigenvalue weighted by atomic mass is 9.78. The molecule has 2 rings (SSSR count). The number of aliphatic carboxylic acids is 1. The lowest BCUT2D eigenvalue weighted by Crippen LogP contribution is -2.45. The topological polar surface area (TPSA) is 75.6 Å². The van der Waals surface area contributed by atoms with Gasteiger partial charge in [0, 0.05) is 13.2 Å². The molecule has 5 nitrogen and oxygen atoms in total. The summed E-state index contributed by atoms with van der Waals surface area (Å²) < 4.78 is 5.62. The van der Waals surface area contributed by atoms with Gasteiger partial charge in [-0.1, -0.05) is 12.8 Å². The molecule has 1 amide bonds. The van der Waals surface area contributed by atoms with Crippen molar-refractivity contribution in [2.24, 2.45) is 11.8 Å². The largest absolute Gasteiger partial charge is 0.481 e. The lowest BCUT2D eigenvalue weighted by molar-refractivity contribution is -0.149. The Morgan fingerprint density at radius 2 is 1.95 bits per heavy atom. The fraction of sp³-hybridized carbons (Fsp3) is 0.857. The number of nitrogens with one attached hydrogen (secondary N) is 1. The van der Waals surface area contributed by atoms with Crippen LogP contribution in [0.4, 0.5) is 0 Å². The van der Waals surface area contributed by atoms with Crippen molar-refractivity contribution in [3.8, 4) is 0 Å². The van der Waals surface area contributed by atoms with E-state index in [9.17, 15) is 14.7 Å². The molecule has 5 heteroatoms. The Hall–Kier alpha value is -1.10. The van der Waals surface area contributed by atoms with Crippen molar-refractivity contribution in [3.63, 3.8) is 0 Å². The maximum absolute atomic E-state index is 12.2. The highest BCUT2D eigenvalue weighted by Gasteiger charge is 2.37. The van der Waals surface area contributed by atoms with Gasteiger partial charge in [-0.25, -0.2) is 0 Å². The highest BCUT2D eigenvalue weighted by atomic mass is 16.5. The van der Waals surface area contributed by atoms with Gasteiger partial charge in [-0.15, -0.1) is 0 Å². The summed E-state index contributed by atoms with van der Waals surface area (Å²) in [5.41, 5.74) is -0.275. The van der Waals surface area contributed by atoms with Gasteiger partial charge in [-0.3, -0.25) is 9.59 Å². The van der Waals surface area contributed by atoms with Crippen LogP contribution in [-0.2, 0) is 14.3 Å². The van der Waals surface area contributed by atoms with Crippen LogP contribution >= 0.6 is 0 Å². The van der Waals surface area contributed by atoms with Crippen molar-refractivity contribution in [2.75, 3.05) is 13.2 Å². The summed E-state index contributed by atoms with van der Waals surface area (Å²) in [6, 6.07) is 0. The quantitative estimate of drug-likeness (QED) is 0.812. The molecule has 0 radical (unpaired) electrons. The summed E-state index contributed by atoms with van der Waals surface area (Å²) in [7, 11) is 0. The third kappa shape index (κ3) is 3.47. The molecular weight excluding hydrogens is 246 g/mol. The fourth-order valence-electron chi connectivity index (χ4n) is 3.12. The van der Waals surface area contributed by atoms with E-state index in [1.54, 1.807) is 0 Å². The summed E-state index contributed by atoms with van der Waals surface area (Å²) >= 11 is 0. The zero-order valence-electron chi connectivity index (χ0n) is 11.5. The van der Waals surface area contributed by atoms with Crippen LogP contribution in [-0.4, -0.2) is 35.7 Å². The number of carbonyl (C=O) groups is 2. The maximum Gasteiger partial charge on any atom is 0.307 e. The molecule has 2 fully saturated rings. The van der Waals surface area contributed by atoms with E-state index in [0.29, 0.717) is 19.4 Å². The number of hydrogen-bond acceptors (Lipinski definition) is 3. The zero-order valence-corrected chi connectivity index (χ0v) is 11.5. The van der Waals surface area contributed by atoms with E-state index in [2.05, 4.69) is 5.32 Å². The standard InChI is InChI=1S/C14H23NO4/c1-14(7-4-8-19-14)9-15-12(16)10-5-2-3-6-11(10)13(17)18/h10-11H,2-9H2,1H3,(H,15,16)(H,17,18)/t10-,11+,14?/m1/s1. The summed E-state index contributed by atoms with van der Waals surface area (Å²) in [5, 5.41) is 12.1. The van der Waals surface area contributed by atoms with Gasteiger partial charge in [0.05, 0.1) is 17.4 Å². The molecule has 0 spiro atoms.